The van der Waals surface area contributed by atoms with E-state index in [1.165, 1.54) is 30.5 Å². The summed E-state index contributed by atoms with van der Waals surface area (Å²) in [6, 6.07) is 21.1. The number of aryl methyl sites for hydroxylation is 2. The molecule has 3 aromatic carbocycles. The van der Waals surface area contributed by atoms with Crippen LogP contribution in [0.25, 0.3) is 0 Å². The SMILES string of the molecule is Cc1ccnc(NS(=O)(=O)c2ccc(NC(=O)c3ccc(C)c(NC(=O)c4ccccc4)c3)cc2)n1. The zero-order valence-electron chi connectivity index (χ0n) is 19.5. The number of aromatic nitrogens is 2. The van der Waals surface area contributed by atoms with Crippen LogP contribution in [0.1, 0.15) is 32.0 Å². The Morgan fingerprint density at radius 2 is 1.47 bits per heavy atom. The second kappa shape index (κ2) is 10.4. The number of hydrogen-bond donors (Lipinski definition) is 3. The average molecular weight is 502 g/mol. The summed E-state index contributed by atoms with van der Waals surface area (Å²) in [6.45, 7) is 3.56. The number of rotatable bonds is 7. The van der Waals surface area contributed by atoms with Crippen LogP contribution in [-0.2, 0) is 10.0 Å². The van der Waals surface area contributed by atoms with Gasteiger partial charge < -0.3 is 10.6 Å². The highest BCUT2D eigenvalue weighted by atomic mass is 32.2. The van der Waals surface area contributed by atoms with Gasteiger partial charge in [0.05, 0.1) is 4.90 Å². The maximum absolute atomic E-state index is 12.8. The van der Waals surface area contributed by atoms with Crippen molar-refractivity contribution < 1.29 is 18.0 Å². The smallest absolute Gasteiger partial charge is 0.264 e. The minimum atomic E-state index is -3.90. The van der Waals surface area contributed by atoms with Crippen molar-refractivity contribution in [2.75, 3.05) is 15.4 Å². The third-order valence-corrected chi connectivity index (χ3v) is 6.57. The molecule has 3 N–H and O–H groups in total. The van der Waals surface area contributed by atoms with Crippen LogP contribution in [0.5, 0.6) is 0 Å². The van der Waals surface area contributed by atoms with Crippen LogP contribution in [0.15, 0.2) is 90.0 Å². The van der Waals surface area contributed by atoms with E-state index in [1.807, 2.05) is 13.0 Å². The number of carbonyl (C=O) groups is 2. The quantitative estimate of drug-likeness (QED) is 0.344. The summed E-state index contributed by atoms with van der Waals surface area (Å²) in [5.41, 5.74) is 3.18. The third-order valence-electron chi connectivity index (χ3n) is 5.23. The van der Waals surface area contributed by atoms with Gasteiger partial charge in [-0.3, -0.25) is 9.59 Å². The van der Waals surface area contributed by atoms with Gasteiger partial charge in [0.1, 0.15) is 0 Å². The molecule has 10 heteroatoms. The lowest BCUT2D eigenvalue weighted by molar-refractivity contribution is 0.101. The molecule has 0 aliphatic carbocycles. The number of hydrogen-bond acceptors (Lipinski definition) is 6. The molecule has 4 aromatic rings. The van der Waals surface area contributed by atoms with Gasteiger partial charge in [0, 0.05) is 34.4 Å². The Balaban J connectivity index is 1.45. The lowest BCUT2D eigenvalue weighted by atomic mass is 10.1. The molecule has 0 saturated heterocycles. The summed E-state index contributed by atoms with van der Waals surface area (Å²) >= 11 is 0. The van der Waals surface area contributed by atoms with Crippen LogP contribution in [-0.4, -0.2) is 30.2 Å². The van der Waals surface area contributed by atoms with Crippen molar-refractivity contribution in [1.82, 2.24) is 9.97 Å². The van der Waals surface area contributed by atoms with E-state index in [0.29, 0.717) is 28.2 Å². The number of benzene rings is 3. The maximum atomic E-state index is 12.8. The number of nitrogens with zero attached hydrogens (tertiary/aromatic N) is 2. The summed E-state index contributed by atoms with van der Waals surface area (Å²) in [5.74, 6) is -0.716. The highest BCUT2D eigenvalue weighted by Gasteiger charge is 2.17. The van der Waals surface area contributed by atoms with Crippen LogP contribution in [0.4, 0.5) is 17.3 Å². The Kier molecular flexibility index (Phi) is 7.07. The first kappa shape index (κ1) is 24.6. The topological polar surface area (TPSA) is 130 Å². The van der Waals surface area contributed by atoms with E-state index in [1.54, 1.807) is 55.5 Å². The first-order chi connectivity index (χ1) is 17.2. The molecular weight excluding hydrogens is 478 g/mol. The monoisotopic (exact) mass is 501 g/mol. The van der Waals surface area contributed by atoms with E-state index >= 15 is 0 Å². The van der Waals surface area contributed by atoms with Crippen LogP contribution < -0.4 is 15.4 Å². The van der Waals surface area contributed by atoms with E-state index < -0.39 is 15.9 Å². The first-order valence-corrected chi connectivity index (χ1v) is 12.4. The van der Waals surface area contributed by atoms with Crippen molar-refractivity contribution >= 4 is 39.2 Å². The van der Waals surface area contributed by atoms with Gasteiger partial charge in [-0.1, -0.05) is 24.3 Å². The molecule has 0 unspecified atom stereocenters. The molecule has 1 heterocycles. The summed E-state index contributed by atoms with van der Waals surface area (Å²) in [6.07, 6.45) is 1.46. The molecule has 0 radical (unpaired) electrons. The Labute approximate surface area is 208 Å². The van der Waals surface area contributed by atoms with Gasteiger partial charge in [-0.15, -0.1) is 0 Å². The van der Waals surface area contributed by atoms with Crippen molar-refractivity contribution in [3.05, 3.63) is 107 Å². The molecule has 0 aliphatic rings. The van der Waals surface area contributed by atoms with Gasteiger partial charge in [-0.05, 0) is 74.0 Å². The predicted octanol–water partition coefficient (Wildman–Crippen LogP) is 4.40. The molecule has 0 saturated carbocycles. The molecule has 0 atom stereocenters. The molecule has 0 spiro atoms. The second-order valence-corrected chi connectivity index (χ2v) is 9.64. The van der Waals surface area contributed by atoms with E-state index in [4.69, 9.17) is 0 Å². The van der Waals surface area contributed by atoms with E-state index in [-0.39, 0.29) is 16.8 Å². The average Bonchev–Trinajstić information content (AvgIpc) is 2.86. The zero-order valence-corrected chi connectivity index (χ0v) is 20.3. The zero-order chi connectivity index (χ0) is 25.7. The van der Waals surface area contributed by atoms with Gasteiger partial charge in [-0.25, -0.2) is 23.1 Å². The van der Waals surface area contributed by atoms with Crippen LogP contribution in [0, 0.1) is 13.8 Å². The Morgan fingerprint density at radius 1 is 0.778 bits per heavy atom. The number of sulfonamides is 1. The lowest BCUT2D eigenvalue weighted by Gasteiger charge is -2.12. The van der Waals surface area contributed by atoms with Gasteiger partial charge in [0.15, 0.2) is 0 Å². The molecule has 9 nitrogen and oxygen atoms in total. The van der Waals surface area contributed by atoms with Gasteiger partial charge in [0.25, 0.3) is 21.8 Å². The van der Waals surface area contributed by atoms with E-state index in [9.17, 15) is 18.0 Å². The van der Waals surface area contributed by atoms with Crippen molar-refractivity contribution in [2.24, 2.45) is 0 Å². The highest BCUT2D eigenvalue weighted by molar-refractivity contribution is 7.92. The molecular formula is C26H23N5O4S. The molecule has 36 heavy (non-hydrogen) atoms. The Hall–Kier alpha value is -4.57. The van der Waals surface area contributed by atoms with Gasteiger partial charge >= 0.3 is 0 Å². The van der Waals surface area contributed by atoms with Crippen molar-refractivity contribution in [2.45, 2.75) is 18.7 Å². The predicted molar refractivity (Wildman–Crippen MR) is 138 cm³/mol. The molecule has 1 aromatic heterocycles. The van der Waals surface area contributed by atoms with E-state index in [0.717, 1.165) is 5.56 Å². The maximum Gasteiger partial charge on any atom is 0.264 e. The van der Waals surface area contributed by atoms with Crippen molar-refractivity contribution in [1.29, 1.82) is 0 Å². The number of amides is 2. The Morgan fingerprint density at radius 3 is 2.17 bits per heavy atom. The summed E-state index contributed by atoms with van der Waals surface area (Å²) in [5, 5.41) is 5.56. The number of anilines is 3. The van der Waals surface area contributed by atoms with Crippen LogP contribution >= 0.6 is 0 Å². The molecule has 182 valence electrons. The number of nitrogens with one attached hydrogen (secondary N) is 3. The summed E-state index contributed by atoms with van der Waals surface area (Å²) < 4.78 is 27.6. The highest BCUT2D eigenvalue weighted by Crippen LogP contribution is 2.21. The largest absolute Gasteiger partial charge is 0.322 e. The molecule has 0 bridgehead atoms. The standard InChI is InChI=1S/C26H23N5O4S/c1-17-8-9-20(16-23(17)30-24(32)19-6-4-3-5-7-19)25(33)29-21-10-12-22(13-11-21)36(34,35)31-26-27-15-14-18(2)28-26/h3-16H,1-2H3,(H,29,33)(H,30,32)(H,27,28,31). The van der Waals surface area contributed by atoms with E-state index in [2.05, 4.69) is 25.3 Å². The Bertz CT molecular complexity index is 1520. The fraction of sp³-hybridized carbons (Fsp3) is 0.0769. The minimum absolute atomic E-state index is 0.00754. The molecule has 4 rings (SSSR count). The number of carbonyl (C=O) groups excluding carboxylic acids is 2. The summed E-state index contributed by atoms with van der Waals surface area (Å²) in [7, 11) is -3.90. The lowest BCUT2D eigenvalue weighted by Crippen LogP contribution is -2.16. The summed E-state index contributed by atoms with van der Waals surface area (Å²) in [4.78, 5) is 33.3. The molecule has 0 fully saturated rings. The fourth-order valence-corrected chi connectivity index (χ4v) is 4.23. The van der Waals surface area contributed by atoms with Crippen LogP contribution in [0.3, 0.4) is 0 Å². The van der Waals surface area contributed by atoms with Gasteiger partial charge in [0.2, 0.25) is 5.95 Å². The minimum Gasteiger partial charge on any atom is -0.322 e. The van der Waals surface area contributed by atoms with Crippen molar-refractivity contribution in [3.63, 3.8) is 0 Å². The third kappa shape index (κ3) is 5.91. The van der Waals surface area contributed by atoms with Crippen LogP contribution in [0.2, 0.25) is 0 Å². The molecule has 2 amide bonds. The first-order valence-electron chi connectivity index (χ1n) is 10.9. The second-order valence-electron chi connectivity index (χ2n) is 7.96. The fourth-order valence-electron chi connectivity index (χ4n) is 3.28. The van der Waals surface area contributed by atoms with Crippen molar-refractivity contribution in [3.8, 4) is 0 Å². The van der Waals surface area contributed by atoms with Gasteiger partial charge in [-0.2, -0.15) is 0 Å². The molecule has 0 aliphatic heterocycles. The normalized spacial score (nSPS) is 10.9.